The van der Waals surface area contributed by atoms with Crippen LogP contribution in [0.3, 0.4) is 0 Å². The van der Waals surface area contributed by atoms with Crippen LogP contribution >= 0.6 is 0 Å². The van der Waals surface area contributed by atoms with E-state index >= 15 is 0 Å². The Morgan fingerprint density at radius 1 is 1.13 bits per heavy atom. The van der Waals surface area contributed by atoms with E-state index < -0.39 is 0 Å². The molecule has 4 nitrogen and oxygen atoms in total. The van der Waals surface area contributed by atoms with E-state index in [2.05, 4.69) is 15.3 Å². The van der Waals surface area contributed by atoms with Crippen LogP contribution in [0.4, 0.5) is 17.2 Å². The largest absolute Gasteiger partial charge is 0.397 e. The Balaban J connectivity index is 2.30. The Hall–Kier alpha value is -2.10. The molecule has 1 aromatic heterocycles. The minimum Gasteiger partial charge on any atom is -0.397 e. The van der Waals surface area contributed by atoms with Gasteiger partial charge in [0.05, 0.1) is 17.1 Å². The van der Waals surface area contributed by atoms with Crippen molar-refractivity contribution in [2.75, 3.05) is 11.1 Å². The van der Waals surface area contributed by atoms with E-state index in [1.807, 2.05) is 31.2 Å². The second-order valence-corrected chi connectivity index (χ2v) is 3.20. The van der Waals surface area contributed by atoms with E-state index in [0.717, 1.165) is 17.2 Å². The van der Waals surface area contributed by atoms with Gasteiger partial charge in [0, 0.05) is 12.4 Å². The number of nitrogens with one attached hydrogen (secondary N) is 1. The second kappa shape index (κ2) is 3.96. The third-order valence-electron chi connectivity index (χ3n) is 2.10. The first-order valence-electron chi connectivity index (χ1n) is 4.66. The van der Waals surface area contributed by atoms with Gasteiger partial charge in [0.2, 0.25) is 0 Å². The van der Waals surface area contributed by atoms with Crippen LogP contribution in [0.1, 0.15) is 5.69 Å². The van der Waals surface area contributed by atoms with Gasteiger partial charge in [0.1, 0.15) is 0 Å². The van der Waals surface area contributed by atoms with Gasteiger partial charge in [-0.25, -0.2) is 4.98 Å². The molecule has 0 aliphatic carbocycles. The normalized spacial score (nSPS) is 9.93. The zero-order chi connectivity index (χ0) is 10.7. The van der Waals surface area contributed by atoms with Crippen LogP contribution in [0.25, 0.3) is 0 Å². The summed E-state index contributed by atoms with van der Waals surface area (Å²) >= 11 is 0. The summed E-state index contributed by atoms with van der Waals surface area (Å²) in [7, 11) is 0. The quantitative estimate of drug-likeness (QED) is 0.729. The average Bonchev–Trinajstić information content (AvgIpc) is 2.24. The number of nitrogen functional groups attached to an aromatic ring is 1. The zero-order valence-electron chi connectivity index (χ0n) is 8.44. The summed E-state index contributed by atoms with van der Waals surface area (Å²) in [4.78, 5) is 8.32. The van der Waals surface area contributed by atoms with Crippen LogP contribution in [-0.4, -0.2) is 9.97 Å². The number of benzene rings is 1. The zero-order valence-corrected chi connectivity index (χ0v) is 8.44. The van der Waals surface area contributed by atoms with E-state index in [9.17, 15) is 0 Å². The third kappa shape index (κ3) is 2.04. The number of para-hydroxylation sites is 2. The molecule has 0 fully saturated rings. The first-order valence-corrected chi connectivity index (χ1v) is 4.66. The van der Waals surface area contributed by atoms with Crippen molar-refractivity contribution < 1.29 is 0 Å². The van der Waals surface area contributed by atoms with Gasteiger partial charge in [-0.3, -0.25) is 4.98 Å². The predicted molar refractivity (Wildman–Crippen MR) is 60.9 cm³/mol. The van der Waals surface area contributed by atoms with Gasteiger partial charge >= 0.3 is 0 Å². The fraction of sp³-hybridized carbons (Fsp3) is 0.0909. The van der Waals surface area contributed by atoms with Crippen molar-refractivity contribution in [2.24, 2.45) is 0 Å². The van der Waals surface area contributed by atoms with Gasteiger partial charge in [-0.15, -0.1) is 0 Å². The third-order valence-corrected chi connectivity index (χ3v) is 2.10. The Bertz CT molecular complexity index is 424. The number of aromatic nitrogens is 2. The molecule has 2 aromatic rings. The fourth-order valence-corrected chi connectivity index (χ4v) is 1.27. The number of nitrogens with two attached hydrogens (primary N) is 1. The van der Waals surface area contributed by atoms with E-state index in [0.29, 0.717) is 5.69 Å². The number of hydrogen-bond donors (Lipinski definition) is 2. The number of hydrogen-bond acceptors (Lipinski definition) is 4. The molecule has 0 radical (unpaired) electrons. The lowest BCUT2D eigenvalue weighted by atomic mass is 10.2. The maximum absolute atomic E-state index is 5.81. The molecule has 0 saturated heterocycles. The molecular formula is C11H12N4. The minimum atomic E-state index is 0.697. The van der Waals surface area contributed by atoms with Gasteiger partial charge in [-0.2, -0.15) is 0 Å². The topological polar surface area (TPSA) is 63.8 Å². The molecule has 4 heteroatoms. The van der Waals surface area contributed by atoms with Crippen molar-refractivity contribution in [1.82, 2.24) is 9.97 Å². The molecule has 0 bridgehead atoms. The van der Waals surface area contributed by atoms with Gasteiger partial charge < -0.3 is 11.1 Å². The van der Waals surface area contributed by atoms with Crippen molar-refractivity contribution in [3.8, 4) is 0 Å². The van der Waals surface area contributed by atoms with Crippen LogP contribution in [0, 0.1) is 6.92 Å². The van der Waals surface area contributed by atoms with Crippen molar-refractivity contribution in [2.45, 2.75) is 6.92 Å². The summed E-state index contributed by atoms with van der Waals surface area (Å²) in [6.07, 6.45) is 3.31. The molecule has 15 heavy (non-hydrogen) atoms. The second-order valence-electron chi connectivity index (χ2n) is 3.20. The van der Waals surface area contributed by atoms with Crippen LogP contribution in [0.5, 0.6) is 0 Å². The summed E-state index contributed by atoms with van der Waals surface area (Å²) in [6.45, 7) is 1.90. The molecule has 1 heterocycles. The van der Waals surface area contributed by atoms with E-state index in [1.54, 1.807) is 12.4 Å². The van der Waals surface area contributed by atoms with Crippen molar-refractivity contribution >= 4 is 17.2 Å². The monoisotopic (exact) mass is 200 g/mol. The predicted octanol–water partition coefficient (Wildman–Crippen LogP) is 2.11. The van der Waals surface area contributed by atoms with Gasteiger partial charge in [0.15, 0.2) is 5.82 Å². The first-order chi connectivity index (χ1) is 7.27. The number of anilines is 3. The molecule has 0 aliphatic rings. The van der Waals surface area contributed by atoms with Gasteiger partial charge in [0.25, 0.3) is 0 Å². The van der Waals surface area contributed by atoms with Crippen LogP contribution in [-0.2, 0) is 0 Å². The smallest absolute Gasteiger partial charge is 0.151 e. The lowest BCUT2D eigenvalue weighted by molar-refractivity contribution is 1.12. The van der Waals surface area contributed by atoms with E-state index in [1.165, 1.54) is 0 Å². The summed E-state index contributed by atoms with van der Waals surface area (Å²) in [5, 5.41) is 3.14. The molecule has 3 N–H and O–H groups in total. The summed E-state index contributed by atoms with van der Waals surface area (Å²) in [6, 6.07) is 7.56. The van der Waals surface area contributed by atoms with Crippen molar-refractivity contribution in [3.63, 3.8) is 0 Å². The lowest BCUT2D eigenvalue weighted by Gasteiger charge is -2.09. The van der Waals surface area contributed by atoms with Crippen molar-refractivity contribution in [1.29, 1.82) is 0 Å². The lowest BCUT2D eigenvalue weighted by Crippen LogP contribution is -2.00. The maximum atomic E-state index is 5.81. The molecule has 0 unspecified atom stereocenters. The number of aryl methyl sites for hydroxylation is 1. The highest BCUT2D eigenvalue weighted by Gasteiger charge is 2.02. The average molecular weight is 200 g/mol. The molecule has 0 aliphatic heterocycles. The standard InChI is InChI=1S/C11H12N4/c1-8-11(14-7-6-13-8)15-10-5-3-2-4-9(10)12/h2-7H,12H2,1H3,(H,14,15). The fourth-order valence-electron chi connectivity index (χ4n) is 1.27. The molecule has 2 rings (SSSR count). The Kier molecular flexibility index (Phi) is 2.49. The first kappa shape index (κ1) is 9.45. The van der Waals surface area contributed by atoms with Crippen LogP contribution in [0.2, 0.25) is 0 Å². The summed E-state index contributed by atoms with van der Waals surface area (Å²) in [5.41, 5.74) is 8.20. The summed E-state index contributed by atoms with van der Waals surface area (Å²) < 4.78 is 0. The minimum absolute atomic E-state index is 0.697. The van der Waals surface area contributed by atoms with Crippen molar-refractivity contribution in [3.05, 3.63) is 42.4 Å². The van der Waals surface area contributed by atoms with E-state index in [-0.39, 0.29) is 0 Å². The Labute approximate surface area is 88.2 Å². The number of nitrogens with zero attached hydrogens (tertiary/aromatic N) is 2. The number of rotatable bonds is 2. The van der Waals surface area contributed by atoms with Gasteiger partial charge in [-0.05, 0) is 19.1 Å². The molecular weight excluding hydrogens is 188 g/mol. The molecule has 0 spiro atoms. The highest BCUT2D eigenvalue weighted by atomic mass is 15.0. The SMILES string of the molecule is Cc1nccnc1Nc1ccccc1N. The molecule has 0 atom stereocenters. The molecule has 76 valence electrons. The highest BCUT2D eigenvalue weighted by Crippen LogP contribution is 2.21. The maximum Gasteiger partial charge on any atom is 0.151 e. The molecule has 0 saturated carbocycles. The van der Waals surface area contributed by atoms with Gasteiger partial charge in [-0.1, -0.05) is 12.1 Å². The molecule has 0 amide bonds. The summed E-state index contributed by atoms with van der Waals surface area (Å²) in [5.74, 6) is 0.732. The van der Waals surface area contributed by atoms with E-state index in [4.69, 9.17) is 5.73 Å². The highest BCUT2D eigenvalue weighted by molar-refractivity contribution is 5.71. The Morgan fingerprint density at radius 3 is 2.60 bits per heavy atom. The molecule has 1 aromatic carbocycles. The Morgan fingerprint density at radius 2 is 1.87 bits per heavy atom. The van der Waals surface area contributed by atoms with Crippen LogP contribution in [0.15, 0.2) is 36.7 Å². The van der Waals surface area contributed by atoms with Crippen LogP contribution < -0.4 is 11.1 Å².